The van der Waals surface area contributed by atoms with Gasteiger partial charge in [0.15, 0.2) is 0 Å². The summed E-state index contributed by atoms with van der Waals surface area (Å²) in [6.45, 7) is 3.63. The number of likely N-dealkylation sites (N-methyl/N-ethyl adjacent to an activating group) is 1. The summed E-state index contributed by atoms with van der Waals surface area (Å²) < 4.78 is 5.31. The maximum Gasteiger partial charge on any atom is 0.320 e. The molecule has 2 aromatic carbocycles. The monoisotopic (exact) mass is 502 g/mol. The number of rotatable bonds is 6. The Morgan fingerprint density at radius 2 is 1.54 bits per heavy atom. The van der Waals surface area contributed by atoms with E-state index in [1.54, 1.807) is 7.11 Å². The molecule has 37 heavy (non-hydrogen) atoms. The number of hydrogen-bond acceptors (Lipinski definition) is 4. The number of nitrogens with zero attached hydrogens (tertiary/aromatic N) is 4. The maximum atomic E-state index is 14.2. The van der Waals surface area contributed by atoms with Gasteiger partial charge in [0.2, 0.25) is 5.91 Å². The molecule has 0 N–H and O–H groups in total. The Morgan fingerprint density at radius 1 is 0.919 bits per heavy atom. The molecule has 3 amide bonds. The van der Waals surface area contributed by atoms with Gasteiger partial charge >= 0.3 is 6.03 Å². The van der Waals surface area contributed by atoms with Gasteiger partial charge in [0.05, 0.1) is 7.11 Å². The van der Waals surface area contributed by atoms with Gasteiger partial charge in [0, 0.05) is 32.7 Å². The number of methoxy groups -OCH3 is 1. The van der Waals surface area contributed by atoms with Crippen molar-refractivity contribution in [2.75, 3.05) is 46.9 Å². The Kier molecular flexibility index (Phi) is 6.35. The van der Waals surface area contributed by atoms with E-state index in [0.717, 1.165) is 31.7 Å². The van der Waals surface area contributed by atoms with Gasteiger partial charge in [-0.25, -0.2) is 4.79 Å². The number of hydrogen-bond donors (Lipinski definition) is 0. The van der Waals surface area contributed by atoms with Crippen LogP contribution >= 0.6 is 0 Å². The molecule has 3 aliphatic heterocycles. The molecule has 7 nitrogen and oxygen atoms in total. The van der Waals surface area contributed by atoms with Crippen LogP contribution in [-0.4, -0.2) is 84.0 Å². The van der Waals surface area contributed by atoms with E-state index in [4.69, 9.17) is 4.74 Å². The van der Waals surface area contributed by atoms with E-state index in [1.807, 2.05) is 21.9 Å². The lowest BCUT2D eigenvalue weighted by molar-refractivity contribution is -0.135. The lowest BCUT2D eigenvalue weighted by atomic mass is 9.86. The minimum absolute atomic E-state index is 0.100. The van der Waals surface area contributed by atoms with Crippen LogP contribution in [0.5, 0.6) is 5.75 Å². The van der Waals surface area contributed by atoms with Gasteiger partial charge in [-0.3, -0.25) is 9.69 Å². The third kappa shape index (κ3) is 4.37. The second-order valence-electron chi connectivity index (χ2n) is 11.2. The fourth-order valence-electron chi connectivity index (χ4n) is 6.34. The molecule has 4 fully saturated rings. The molecule has 0 aromatic heterocycles. The summed E-state index contributed by atoms with van der Waals surface area (Å²) in [6, 6.07) is 17.2. The van der Waals surface area contributed by atoms with E-state index in [1.165, 1.54) is 29.5 Å². The van der Waals surface area contributed by atoms with E-state index in [-0.39, 0.29) is 18.1 Å². The molecular formula is C30H38N4O3. The van der Waals surface area contributed by atoms with E-state index < -0.39 is 5.54 Å². The third-order valence-electron chi connectivity index (χ3n) is 9.07. The molecule has 1 atom stereocenters. The first-order valence-electron chi connectivity index (χ1n) is 13.8. The lowest BCUT2D eigenvalue weighted by Crippen LogP contribution is -2.59. The van der Waals surface area contributed by atoms with Crippen molar-refractivity contribution in [2.45, 2.75) is 56.1 Å². The molecule has 3 heterocycles. The molecule has 1 unspecified atom stereocenters. The second-order valence-corrected chi connectivity index (χ2v) is 11.2. The predicted octanol–water partition coefficient (Wildman–Crippen LogP) is 4.25. The minimum atomic E-state index is -0.564. The summed E-state index contributed by atoms with van der Waals surface area (Å²) in [6.07, 6.45) is 5.70. The van der Waals surface area contributed by atoms with Gasteiger partial charge in [-0.1, -0.05) is 36.4 Å². The van der Waals surface area contributed by atoms with Gasteiger partial charge in [-0.15, -0.1) is 0 Å². The first-order valence-corrected chi connectivity index (χ1v) is 13.8. The summed E-state index contributed by atoms with van der Waals surface area (Å²) in [5.41, 5.74) is 3.21. The highest BCUT2D eigenvalue weighted by Crippen LogP contribution is 2.46. The van der Waals surface area contributed by atoms with E-state index in [2.05, 4.69) is 53.2 Å². The van der Waals surface area contributed by atoms with Crippen LogP contribution in [0, 0.1) is 0 Å². The smallest absolute Gasteiger partial charge is 0.320 e. The van der Waals surface area contributed by atoms with E-state index in [9.17, 15) is 9.59 Å². The predicted molar refractivity (Wildman–Crippen MR) is 142 cm³/mol. The molecule has 1 aliphatic carbocycles. The fraction of sp³-hybridized carbons (Fsp3) is 0.533. The number of piperidine rings is 1. The van der Waals surface area contributed by atoms with Crippen LogP contribution in [-0.2, 0) is 11.2 Å². The molecule has 4 aliphatic rings. The number of benzene rings is 2. The zero-order valence-electron chi connectivity index (χ0n) is 22.1. The van der Waals surface area contributed by atoms with Gasteiger partial charge in [-0.2, -0.15) is 0 Å². The van der Waals surface area contributed by atoms with Crippen LogP contribution < -0.4 is 4.74 Å². The topological polar surface area (TPSA) is 56.3 Å². The Bertz CT molecular complexity index is 1130. The molecular weight excluding hydrogens is 464 g/mol. The second kappa shape index (κ2) is 9.67. The summed E-state index contributed by atoms with van der Waals surface area (Å²) in [5, 5.41) is 0. The van der Waals surface area contributed by atoms with Crippen molar-refractivity contribution in [3.05, 3.63) is 65.2 Å². The zero-order valence-corrected chi connectivity index (χ0v) is 22.1. The SMILES string of the molecule is COc1ccc(CCN2C(=O)C3(CCN(C(=O)N4CCC4)CC3)N(C)C2c2ccc(C3CC3)cc2)cc1. The van der Waals surface area contributed by atoms with Gasteiger partial charge in [0.1, 0.15) is 17.5 Å². The molecule has 196 valence electrons. The molecule has 1 saturated carbocycles. The number of ether oxygens (including phenoxy) is 1. The fourth-order valence-corrected chi connectivity index (χ4v) is 6.34. The van der Waals surface area contributed by atoms with Crippen molar-refractivity contribution in [3.8, 4) is 5.75 Å². The highest BCUT2D eigenvalue weighted by atomic mass is 16.5. The number of likely N-dealkylation sites (tertiary alicyclic amines) is 2. The normalized spacial score (nSPS) is 23.5. The van der Waals surface area contributed by atoms with Crippen LogP contribution in [0.1, 0.15) is 60.9 Å². The van der Waals surface area contributed by atoms with Crippen LogP contribution in [0.3, 0.4) is 0 Å². The standard InChI is InChI=1S/C30H38N4O3/c1-31-27(25-10-8-24(9-11-25)23-6-7-23)34(19-14-22-4-12-26(37-2)13-5-22)28(35)30(31)15-20-33(21-16-30)29(36)32-17-3-18-32/h4-5,8-13,23,27H,3,6-7,14-21H2,1-2H3. The van der Waals surface area contributed by atoms with Crippen LogP contribution in [0.15, 0.2) is 48.5 Å². The first-order chi connectivity index (χ1) is 18.0. The summed E-state index contributed by atoms with van der Waals surface area (Å²) >= 11 is 0. The van der Waals surface area contributed by atoms with Gasteiger partial charge in [0.25, 0.3) is 0 Å². The Labute approximate surface area is 220 Å². The highest BCUT2D eigenvalue weighted by Gasteiger charge is 2.57. The highest BCUT2D eigenvalue weighted by molar-refractivity contribution is 5.89. The average Bonchev–Trinajstić information content (AvgIpc) is 3.73. The lowest BCUT2D eigenvalue weighted by Gasteiger charge is -2.44. The van der Waals surface area contributed by atoms with Gasteiger partial charge < -0.3 is 19.4 Å². The Balaban J connectivity index is 1.24. The molecule has 6 rings (SSSR count). The Hall–Kier alpha value is -3.06. The Morgan fingerprint density at radius 3 is 2.11 bits per heavy atom. The molecule has 0 bridgehead atoms. The number of carbonyl (C=O) groups excluding carboxylic acids is 2. The van der Waals surface area contributed by atoms with Crippen molar-refractivity contribution >= 4 is 11.9 Å². The van der Waals surface area contributed by atoms with Crippen LogP contribution in [0.25, 0.3) is 0 Å². The van der Waals surface area contributed by atoms with Crippen LogP contribution in [0.4, 0.5) is 4.79 Å². The van der Waals surface area contributed by atoms with E-state index in [0.29, 0.717) is 38.4 Å². The average molecular weight is 503 g/mol. The quantitative estimate of drug-likeness (QED) is 0.593. The summed E-state index contributed by atoms with van der Waals surface area (Å²) in [5.74, 6) is 1.76. The summed E-state index contributed by atoms with van der Waals surface area (Å²) in [7, 11) is 3.78. The molecule has 3 saturated heterocycles. The van der Waals surface area contributed by atoms with Crippen molar-refractivity contribution in [3.63, 3.8) is 0 Å². The molecule has 0 radical (unpaired) electrons. The first kappa shape index (κ1) is 24.3. The van der Waals surface area contributed by atoms with Crippen LogP contribution in [0.2, 0.25) is 0 Å². The van der Waals surface area contributed by atoms with Crippen molar-refractivity contribution < 1.29 is 14.3 Å². The summed E-state index contributed by atoms with van der Waals surface area (Å²) in [4.78, 5) is 35.3. The number of amides is 3. The third-order valence-corrected chi connectivity index (χ3v) is 9.07. The van der Waals surface area contributed by atoms with Crippen molar-refractivity contribution in [1.82, 2.24) is 19.6 Å². The minimum Gasteiger partial charge on any atom is -0.497 e. The molecule has 7 heteroatoms. The largest absolute Gasteiger partial charge is 0.497 e. The van der Waals surface area contributed by atoms with Crippen molar-refractivity contribution in [2.24, 2.45) is 0 Å². The van der Waals surface area contributed by atoms with E-state index >= 15 is 0 Å². The van der Waals surface area contributed by atoms with Crippen molar-refractivity contribution in [1.29, 1.82) is 0 Å². The maximum absolute atomic E-state index is 14.2. The van der Waals surface area contributed by atoms with Gasteiger partial charge in [-0.05, 0) is 80.3 Å². The number of carbonyl (C=O) groups is 2. The number of urea groups is 1. The molecule has 1 spiro atoms. The zero-order chi connectivity index (χ0) is 25.6. The molecule has 2 aromatic rings.